The second-order valence-electron chi connectivity index (χ2n) is 2.39. The predicted molar refractivity (Wildman–Crippen MR) is 51.6 cm³/mol. The zero-order valence-electron chi connectivity index (χ0n) is 6.82. The van der Waals surface area contributed by atoms with Gasteiger partial charge in [0.15, 0.2) is 0 Å². The first-order chi connectivity index (χ1) is 5.77. The van der Waals surface area contributed by atoms with Crippen LogP contribution in [0.15, 0.2) is 24.3 Å². The van der Waals surface area contributed by atoms with Gasteiger partial charge in [0.05, 0.1) is 17.0 Å². The van der Waals surface area contributed by atoms with Crippen LogP contribution in [-0.2, 0) is 0 Å². The second kappa shape index (κ2) is 4.15. The highest BCUT2D eigenvalue weighted by atomic mass is 32.2. The van der Waals surface area contributed by atoms with Gasteiger partial charge < -0.3 is 5.73 Å². The molecule has 3 heteroatoms. The van der Waals surface area contributed by atoms with E-state index in [9.17, 15) is 0 Å². The van der Waals surface area contributed by atoms with Crippen molar-refractivity contribution < 1.29 is 0 Å². The molecule has 0 heterocycles. The third-order valence-corrected chi connectivity index (χ3v) is 2.40. The molecule has 0 aliphatic heterocycles. The summed E-state index contributed by atoms with van der Waals surface area (Å²) in [6.45, 7) is 0. The van der Waals surface area contributed by atoms with Gasteiger partial charge >= 0.3 is 0 Å². The van der Waals surface area contributed by atoms with Gasteiger partial charge in [-0.3, -0.25) is 0 Å². The van der Waals surface area contributed by atoms with Crippen molar-refractivity contribution in [3.8, 4) is 6.07 Å². The molecule has 1 aromatic carbocycles. The fourth-order valence-corrected chi connectivity index (χ4v) is 1.31. The lowest BCUT2D eigenvalue weighted by atomic mass is 10.1. The minimum absolute atomic E-state index is 0.0118. The Labute approximate surface area is 76.4 Å². The van der Waals surface area contributed by atoms with Gasteiger partial charge in [0.2, 0.25) is 0 Å². The first kappa shape index (κ1) is 9.11. The normalized spacial score (nSPS) is 12.1. The Kier molecular flexibility index (Phi) is 3.15. The van der Waals surface area contributed by atoms with Gasteiger partial charge in [-0.15, -0.1) is 11.8 Å². The lowest BCUT2D eigenvalue weighted by Crippen LogP contribution is -2.04. The van der Waals surface area contributed by atoms with Gasteiger partial charge in [-0.1, -0.05) is 12.1 Å². The van der Waals surface area contributed by atoms with Crippen molar-refractivity contribution in [1.82, 2.24) is 0 Å². The van der Waals surface area contributed by atoms with Crippen molar-refractivity contribution in [2.75, 3.05) is 6.26 Å². The summed E-state index contributed by atoms with van der Waals surface area (Å²) in [4.78, 5) is 0. The number of hydrogen-bond acceptors (Lipinski definition) is 3. The van der Waals surface area contributed by atoms with E-state index < -0.39 is 0 Å². The molecule has 62 valence electrons. The smallest absolute Gasteiger partial charge is 0.0991 e. The van der Waals surface area contributed by atoms with Gasteiger partial charge in [-0.05, 0) is 24.0 Å². The molecule has 0 aliphatic rings. The molecule has 2 N–H and O–H groups in total. The molecule has 0 bridgehead atoms. The fourth-order valence-electron chi connectivity index (χ4n) is 0.883. The van der Waals surface area contributed by atoms with E-state index in [1.165, 1.54) is 0 Å². The summed E-state index contributed by atoms with van der Waals surface area (Å²) in [5.74, 6) is 0. The number of nitriles is 1. The fraction of sp³-hybridized carbons (Fsp3) is 0.222. The van der Waals surface area contributed by atoms with Crippen LogP contribution >= 0.6 is 11.8 Å². The molecule has 0 unspecified atom stereocenters. The number of nitrogens with two attached hydrogens (primary N) is 1. The highest BCUT2D eigenvalue weighted by Gasteiger charge is 2.02. The van der Waals surface area contributed by atoms with E-state index in [1.54, 1.807) is 23.9 Å². The Hall–Kier alpha value is -0.980. The number of benzene rings is 1. The van der Waals surface area contributed by atoms with Crippen molar-refractivity contribution in [3.05, 3.63) is 35.4 Å². The molecule has 0 aromatic heterocycles. The van der Waals surface area contributed by atoms with Crippen molar-refractivity contribution in [1.29, 1.82) is 5.26 Å². The summed E-state index contributed by atoms with van der Waals surface area (Å²) in [5, 5.41) is 8.55. The van der Waals surface area contributed by atoms with Crippen LogP contribution in [0.5, 0.6) is 0 Å². The molecule has 0 saturated carbocycles. The summed E-state index contributed by atoms with van der Waals surface area (Å²) in [6.07, 6.45) is 1.96. The highest BCUT2D eigenvalue weighted by Crippen LogP contribution is 2.20. The van der Waals surface area contributed by atoms with Crippen molar-refractivity contribution in [2.45, 2.75) is 5.37 Å². The lowest BCUT2D eigenvalue weighted by molar-refractivity contribution is 1.04. The number of thioether (sulfide) groups is 1. The Morgan fingerprint density at radius 3 is 2.42 bits per heavy atom. The summed E-state index contributed by atoms with van der Waals surface area (Å²) in [5.41, 5.74) is 7.50. The van der Waals surface area contributed by atoms with Gasteiger partial charge in [-0.25, -0.2) is 0 Å². The van der Waals surface area contributed by atoms with E-state index in [0.29, 0.717) is 5.56 Å². The standard InChI is InChI=1S/C9H10N2S/c1-12-9(11)8-4-2-7(6-10)3-5-8/h2-5,9H,11H2,1H3/t9-/m0/s1. The summed E-state index contributed by atoms with van der Waals surface area (Å²) in [7, 11) is 0. The molecule has 0 saturated heterocycles. The Balaban J connectivity index is 2.86. The monoisotopic (exact) mass is 178 g/mol. The van der Waals surface area contributed by atoms with E-state index in [4.69, 9.17) is 11.0 Å². The maximum absolute atomic E-state index is 8.54. The topological polar surface area (TPSA) is 49.8 Å². The molecule has 1 rings (SSSR count). The van der Waals surface area contributed by atoms with E-state index in [2.05, 4.69) is 6.07 Å². The average Bonchev–Trinajstić information content (AvgIpc) is 2.17. The van der Waals surface area contributed by atoms with E-state index >= 15 is 0 Å². The van der Waals surface area contributed by atoms with Gasteiger partial charge in [0, 0.05) is 0 Å². The summed E-state index contributed by atoms with van der Waals surface area (Å²) in [6, 6.07) is 9.41. The van der Waals surface area contributed by atoms with Crippen LogP contribution in [0.4, 0.5) is 0 Å². The summed E-state index contributed by atoms with van der Waals surface area (Å²) < 4.78 is 0. The largest absolute Gasteiger partial charge is 0.316 e. The lowest BCUT2D eigenvalue weighted by Gasteiger charge is -2.07. The third-order valence-electron chi connectivity index (χ3n) is 1.62. The van der Waals surface area contributed by atoms with Crippen LogP contribution in [0.1, 0.15) is 16.5 Å². The number of hydrogen-bond donors (Lipinski definition) is 1. The molecule has 0 radical (unpaired) electrons. The van der Waals surface area contributed by atoms with Crippen LogP contribution in [-0.4, -0.2) is 6.26 Å². The van der Waals surface area contributed by atoms with Crippen LogP contribution in [0.25, 0.3) is 0 Å². The SMILES string of the molecule is CS[C@H](N)c1ccc(C#N)cc1. The number of nitrogens with zero attached hydrogens (tertiary/aromatic N) is 1. The molecule has 0 amide bonds. The maximum atomic E-state index is 8.54. The van der Waals surface area contributed by atoms with Crippen LogP contribution in [0.3, 0.4) is 0 Å². The van der Waals surface area contributed by atoms with Crippen LogP contribution < -0.4 is 5.73 Å². The van der Waals surface area contributed by atoms with Crippen molar-refractivity contribution in [3.63, 3.8) is 0 Å². The van der Waals surface area contributed by atoms with Crippen LogP contribution in [0.2, 0.25) is 0 Å². The Morgan fingerprint density at radius 2 is 2.00 bits per heavy atom. The second-order valence-corrected chi connectivity index (χ2v) is 3.37. The third kappa shape index (κ3) is 2.00. The molecule has 1 atom stereocenters. The Bertz CT molecular complexity index is 286. The van der Waals surface area contributed by atoms with Gasteiger partial charge in [0.25, 0.3) is 0 Å². The molecular weight excluding hydrogens is 168 g/mol. The van der Waals surface area contributed by atoms with Crippen LogP contribution in [0, 0.1) is 11.3 Å². The Morgan fingerprint density at radius 1 is 1.42 bits per heavy atom. The minimum atomic E-state index is 0.0118. The van der Waals surface area contributed by atoms with E-state index in [-0.39, 0.29) is 5.37 Å². The van der Waals surface area contributed by atoms with Gasteiger partial charge in [-0.2, -0.15) is 5.26 Å². The molecule has 0 spiro atoms. The molecule has 0 fully saturated rings. The molecular formula is C9H10N2S. The first-order valence-electron chi connectivity index (χ1n) is 3.56. The first-order valence-corrected chi connectivity index (χ1v) is 4.85. The number of rotatable bonds is 2. The molecule has 12 heavy (non-hydrogen) atoms. The van der Waals surface area contributed by atoms with Crippen molar-refractivity contribution in [2.24, 2.45) is 5.73 Å². The highest BCUT2D eigenvalue weighted by molar-refractivity contribution is 7.98. The minimum Gasteiger partial charge on any atom is -0.316 e. The zero-order chi connectivity index (χ0) is 8.97. The molecule has 0 aliphatic carbocycles. The van der Waals surface area contributed by atoms with E-state index in [0.717, 1.165) is 5.56 Å². The van der Waals surface area contributed by atoms with E-state index in [1.807, 2.05) is 18.4 Å². The van der Waals surface area contributed by atoms with Crippen molar-refractivity contribution >= 4 is 11.8 Å². The quantitative estimate of drug-likeness (QED) is 0.703. The van der Waals surface area contributed by atoms with Gasteiger partial charge in [0.1, 0.15) is 0 Å². The predicted octanol–water partition coefficient (Wildman–Crippen LogP) is 1.88. The zero-order valence-corrected chi connectivity index (χ0v) is 7.64. The summed E-state index contributed by atoms with van der Waals surface area (Å²) >= 11 is 1.59. The average molecular weight is 178 g/mol. The maximum Gasteiger partial charge on any atom is 0.0991 e. The molecule has 1 aromatic rings. The molecule has 2 nitrogen and oxygen atoms in total.